The average molecular weight is 524 g/mol. The van der Waals surface area contributed by atoms with Gasteiger partial charge in [0.1, 0.15) is 5.75 Å². The number of nitrogens with zero attached hydrogens (tertiary/aromatic N) is 1. The van der Waals surface area contributed by atoms with Gasteiger partial charge in [-0.25, -0.2) is 21.6 Å². The first-order valence-electron chi connectivity index (χ1n) is 11.8. The molecule has 192 valence electrons. The van der Waals surface area contributed by atoms with Crippen LogP contribution in [0.3, 0.4) is 0 Å². The van der Waals surface area contributed by atoms with E-state index in [1.54, 1.807) is 24.3 Å². The molecule has 0 unspecified atom stereocenters. The first-order valence-corrected chi connectivity index (χ1v) is 14.7. The fourth-order valence-electron chi connectivity index (χ4n) is 3.63. The quantitative estimate of drug-likeness (QED) is 0.389. The third kappa shape index (κ3) is 7.76. The van der Waals surface area contributed by atoms with Crippen LogP contribution in [0.15, 0.2) is 58.3 Å². The van der Waals surface area contributed by atoms with E-state index < -0.39 is 20.0 Å². The Bertz CT molecular complexity index is 1170. The Morgan fingerprint density at radius 3 is 2.17 bits per heavy atom. The van der Waals surface area contributed by atoms with E-state index >= 15 is 0 Å². The Morgan fingerprint density at radius 1 is 0.914 bits per heavy atom. The van der Waals surface area contributed by atoms with Crippen LogP contribution in [0.1, 0.15) is 38.2 Å². The number of ether oxygens (including phenoxy) is 1. The van der Waals surface area contributed by atoms with Crippen LogP contribution in [0.25, 0.3) is 0 Å². The molecule has 0 bridgehead atoms. The van der Waals surface area contributed by atoms with E-state index in [-0.39, 0.29) is 22.3 Å². The summed E-state index contributed by atoms with van der Waals surface area (Å²) >= 11 is 0. The topological polar surface area (TPSA) is 122 Å². The van der Waals surface area contributed by atoms with Gasteiger partial charge < -0.3 is 10.1 Å². The second-order valence-electron chi connectivity index (χ2n) is 8.37. The van der Waals surface area contributed by atoms with E-state index in [2.05, 4.69) is 10.0 Å². The number of rotatable bonds is 13. The SMILES string of the molecule is CCCCNS(=O)(=O)c1ccc(OCC(=O)NCCc2ccc(S(=O)(=O)N3CCCC3)cc2)cc1. The summed E-state index contributed by atoms with van der Waals surface area (Å²) in [4.78, 5) is 12.5. The van der Waals surface area contributed by atoms with Crippen LogP contribution < -0.4 is 14.8 Å². The molecule has 2 aromatic carbocycles. The van der Waals surface area contributed by atoms with Gasteiger partial charge in [-0.05, 0) is 67.6 Å². The van der Waals surface area contributed by atoms with Gasteiger partial charge in [0.15, 0.2) is 6.61 Å². The molecule has 0 spiro atoms. The van der Waals surface area contributed by atoms with E-state index in [4.69, 9.17) is 4.74 Å². The zero-order valence-electron chi connectivity index (χ0n) is 19.9. The summed E-state index contributed by atoms with van der Waals surface area (Å²) in [5.41, 5.74) is 0.913. The number of amides is 1. The second-order valence-corrected chi connectivity index (χ2v) is 12.1. The molecule has 1 heterocycles. The zero-order valence-corrected chi connectivity index (χ0v) is 21.5. The summed E-state index contributed by atoms with van der Waals surface area (Å²) in [6.45, 7) is 3.68. The number of hydrogen-bond acceptors (Lipinski definition) is 6. The predicted octanol–water partition coefficient (Wildman–Crippen LogP) is 2.29. The molecular weight excluding hydrogens is 490 g/mol. The number of nitrogens with one attached hydrogen (secondary N) is 2. The van der Waals surface area contributed by atoms with Crippen LogP contribution >= 0.6 is 0 Å². The Kier molecular flexibility index (Phi) is 9.67. The molecular formula is C24H33N3O6S2. The van der Waals surface area contributed by atoms with Gasteiger partial charge in [-0.1, -0.05) is 25.5 Å². The molecule has 3 rings (SSSR count). The minimum Gasteiger partial charge on any atom is -0.484 e. The lowest BCUT2D eigenvalue weighted by molar-refractivity contribution is -0.123. The lowest BCUT2D eigenvalue weighted by Crippen LogP contribution is -2.30. The monoisotopic (exact) mass is 523 g/mol. The zero-order chi connectivity index (χ0) is 25.3. The third-order valence-electron chi connectivity index (χ3n) is 5.69. The highest BCUT2D eigenvalue weighted by atomic mass is 32.2. The summed E-state index contributed by atoms with van der Waals surface area (Å²) in [5.74, 6) is 0.0821. The maximum atomic E-state index is 12.6. The first-order chi connectivity index (χ1) is 16.7. The fraction of sp³-hybridized carbons (Fsp3) is 0.458. The van der Waals surface area contributed by atoms with Crippen molar-refractivity contribution in [2.45, 2.75) is 48.8 Å². The van der Waals surface area contributed by atoms with Crippen molar-refractivity contribution >= 4 is 26.0 Å². The molecule has 1 saturated heterocycles. The number of carbonyl (C=O) groups excluding carboxylic acids is 1. The van der Waals surface area contributed by atoms with E-state index in [0.717, 1.165) is 31.2 Å². The smallest absolute Gasteiger partial charge is 0.257 e. The largest absolute Gasteiger partial charge is 0.484 e. The maximum absolute atomic E-state index is 12.6. The van der Waals surface area contributed by atoms with Crippen molar-refractivity contribution in [3.63, 3.8) is 0 Å². The molecule has 1 amide bonds. The molecule has 9 nitrogen and oxygen atoms in total. The van der Waals surface area contributed by atoms with E-state index in [0.29, 0.717) is 38.3 Å². The van der Waals surface area contributed by atoms with Crippen LogP contribution in [0.5, 0.6) is 5.75 Å². The van der Waals surface area contributed by atoms with E-state index in [1.807, 2.05) is 6.92 Å². The van der Waals surface area contributed by atoms with Crippen LogP contribution in [0.2, 0.25) is 0 Å². The van der Waals surface area contributed by atoms with Crippen molar-refractivity contribution < 1.29 is 26.4 Å². The highest BCUT2D eigenvalue weighted by Crippen LogP contribution is 2.21. The molecule has 2 N–H and O–H groups in total. The molecule has 0 radical (unpaired) electrons. The van der Waals surface area contributed by atoms with Crippen molar-refractivity contribution in [2.75, 3.05) is 32.8 Å². The molecule has 0 atom stereocenters. The van der Waals surface area contributed by atoms with Crippen LogP contribution in [-0.4, -0.2) is 59.8 Å². The lowest BCUT2D eigenvalue weighted by Gasteiger charge is -2.15. The summed E-state index contributed by atoms with van der Waals surface area (Å²) in [6, 6.07) is 12.6. The third-order valence-corrected chi connectivity index (χ3v) is 9.08. The second kappa shape index (κ2) is 12.5. The van der Waals surface area contributed by atoms with E-state index in [1.165, 1.54) is 28.6 Å². The highest BCUT2D eigenvalue weighted by molar-refractivity contribution is 7.89. The molecule has 1 aliphatic heterocycles. The molecule has 35 heavy (non-hydrogen) atoms. The molecule has 1 fully saturated rings. The molecule has 0 saturated carbocycles. The fourth-order valence-corrected chi connectivity index (χ4v) is 6.22. The first kappa shape index (κ1) is 27.1. The minimum absolute atomic E-state index is 0.143. The minimum atomic E-state index is -3.55. The standard InChI is InChI=1S/C24H33N3O6S2/c1-2-3-15-26-34(29,30)22-12-8-21(9-13-22)33-19-24(28)25-16-14-20-6-10-23(11-7-20)35(31,32)27-17-4-5-18-27/h6-13,26H,2-5,14-19H2,1H3,(H,25,28). The number of carbonyl (C=O) groups is 1. The highest BCUT2D eigenvalue weighted by Gasteiger charge is 2.26. The number of benzene rings is 2. The molecule has 0 aromatic heterocycles. The molecule has 0 aliphatic carbocycles. The number of sulfonamides is 2. The molecule has 2 aromatic rings. The maximum Gasteiger partial charge on any atom is 0.257 e. The average Bonchev–Trinajstić information content (AvgIpc) is 3.40. The normalized spacial score (nSPS) is 14.7. The van der Waals surface area contributed by atoms with Crippen LogP contribution in [-0.2, 0) is 31.3 Å². The predicted molar refractivity (Wildman–Crippen MR) is 133 cm³/mol. The van der Waals surface area contributed by atoms with Gasteiger partial charge in [0.2, 0.25) is 20.0 Å². The lowest BCUT2D eigenvalue weighted by atomic mass is 10.1. The summed E-state index contributed by atoms with van der Waals surface area (Å²) in [6.07, 6.45) is 4.00. The molecule has 1 aliphatic rings. The van der Waals surface area contributed by atoms with Crippen molar-refractivity contribution in [1.29, 1.82) is 0 Å². The number of unbranched alkanes of at least 4 members (excludes halogenated alkanes) is 1. The summed E-state index contributed by atoms with van der Waals surface area (Å²) in [5, 5.41) is 2.76. The van der Waals surface area contributed by atoms with Crippen LogP contribution in [0, 0.1) is 0 Å². The van der Waals surface area contributed by atoms with Gasteiger partial charge in [0.05, 0.1) is 9.79 Å². The Morgan fingerprint density at radius 2 is 1.54 bits per heavy atom. The molecule has 11 heteroatoms. The van der Waals surface area contributed by atoms with Gasteiger partial charge >= 0.3 is 0 Å². The Balaban J connectivity index is 1.40. The van der Waals surface area contributed by atoms with Crippen molar-refractivity contribution in [2.24, 2.45) is 0 Å². The van der Waals surface area contributed by atoms with Crippen LogP contribution in [0.4, 0.5) is 0 Å². The van der Waals surface area contributed by atoms with Gasteiger partial charge in [-0.3, -0.25) is 4.79 Å². The van der Waals surface area contributed by atoms with Crippen molar-refractivity contribution in [1.82, 2.24) is 14.3 Å². The van der Waals surface area contributed by atoms with Crippen molar-refractivity contribution in [3.8, 4) is 5.75 Å². The van der Waals surface area contributed by atoms with Gasteiger partial charge in [0, 0.05) is 26.2 Å². The summed E-state index contributed by atoms with van der Waals surface area (Å²) in [7, 11) is -6.98. The van der Waals surface area contributed by atoms with Gasteiger partial charge in [-0.2, -0.15) is 4.31 Å². The van der Waals surface area contributed by atoms with E-state index in [9.17, 15) is 21.6 Å². The van der Waals surface area contributed by atoms with Crippen molar-refractivity contribution in [3.05, 3.63) is 54.1 Å². The summed E-state index contributed by atoms with van der Waals surface area (Å²) < 4.78 is 59.1. The van der Waals surface area contributed by atoms with Gasteiger partial charge in [0.25, 0.3) is 5.91 Å². The number of hydrogen-bond donors (Lipinski definition) is 2. The Hall–Kier alpha value is -2.47. The Labute approximate surface area is 208 Å². The van der Waals surface area contributed by atoms with Gasteiger partial charge in [-0.15, -0.1) is 0 Å².